The van der Waals surface area contributed by atoms with Gasteiger partial charge in [0.25, 0.3) is 0 Å². The first-order valence-corrected chi connectivity index (χ1v) is 14.6. The molecule has 2 fully saturated rings. The minimum atomic E-state index is -0.812. The molecule has 1 aliphatic heterocycles. The van der Waals surface area contributed by atoms with Crippen LogP contribution in [-0.2, 0) is 19.8 Å². The van der Waals surface area contributed by atoms with E-state index in [-0.39, 0.29) is 23.9 Å². The van der Waals surface area contributed by atoms with Crippen molar-refractivity contribution in [3.63, 3.8) is 0 Å². The number of fused-ring (bicyclic) bond motifs is 1. The zero-order valence-electron chi connectivity index (χ0n) is 23.6. The normalized spacial score (nSPS) is 19.0. The lowest BCUT2D eigenvalue weighted by Gasteiger charge is -2.37. The van der Waals surface area contributed by atoms with Gasteiger partial charge >= 0.3 is 5.97 Å². The number of esters is 1. The van der Waals surface area contributed by atoms with E-state index in [4.69, 9.17) is 24.3 Å². The number of carbonyl (C=O) groups is 1. The highest BCUT2D eigenvalue weighted by Crippen LogP contribution is 2.52. The van der Waals surface area contributed by atoms with Crippen molar-refractivity contribution in [1.82, 2.24) is 14.8 Å². The van der Waals surface area contributed by atoms with Gasteiger partial charge in [0.1, 0.15) is 11.6 Å². The zero-order valence-corrected chi connectivity index (χ0v) is 23.6. The Morgan fingerprint density at radius 3 is 1.98 bits per heavy atom. The Morgan fingerprint density at radius 1 is 0.857 bits per heavy atom. The lowest BCUT2D eigenvalue weighted by molar-refractivity contribution is -0.142. The van der Waals surface area contributed by atoms with E-state index >= 15 is 0 Å². The van der Waals surface area contributed by atoms with Crippen LogP contribution in [0.25, 0.3) is 10.9 Å². The molecule has 0 N–H and O–H groups in total. The molecule has 2 aliphatic rings. The number of pyridine rings is 1. The minimum Gasteiger partial charge on any atom is -0.474 e. The molecule has 3 aromatic carbocycles. The molecule has 0 spiro atoms. The van der Waals surface area contributed by atoms with Gasteiger partial charge in [-0.3, -0.25) is 4.79 Å². The Balaban J connectivity index is 1.53. The van der Waals surface area contributed by atoms with Crippen LogP contribution < -0.4 is 4.74 Å². The van der Waals surface area contributed by atoms with Crippen LogP contribution in [0.5, 0.6) is 5.88 Å². The van der Waals surface area contributed by atoms with Crippen LogP contribution in [0.3, 0.4) is 0 Å². The van der Waals surface area contributed by atoms with Crippen LogP contribution >= 0.6 is 0 Å². The zero-order chi connectivity index (χ0) is 28.5. The molecular formula is C35H33N3O4. The Morgan fingerprint density at radius 2 is 1.43 bits per heavy atom. The molecule has 0 bridgehead atoms. The van der Waals surface area contributed by atoms with E-state index in [1.807, 2.05) is 24.3 Å². The Labute approximate surface area is 245 Å². The molecule has 42 heavy (non-hydrogen) atoms. The maximum atomic E-state index is 12.6. The fourth-order valence-corrected chi connectivity index (χ4v) is 6.43. The summed E-state index contributed by atoms with van der Waals surface area (Å²) in [5.41, 5.74) is 4.12. The predicted molar refractivity (Wildman–Crippen MR) is 159 cm³/mol. The molecule has 1 saturated carbocycles. The van der Waals surface area contributed by atoms with Gasteiger partial charge in [0.15, 0.2) is 0 Å². The second kappa shape index (κ2) is 11.1. The lowest BCUT2D eigenvalue weighted by Crippen LogP contribution is -2.38. The molecule has 5 aromatic rings. The molecule has 3 heterocycles. The first-order valence-electron chi connectivity index (χ1n) is 14.6. The van der Waals surface area contributed by atoms with Crippen LogP contribution in [-0.4, -0.2) is 47.2 Å². The second-order valence-corrected chi connectivity index (χ2v) is 11.0. The van der Waals surface area contributed by atoms with E-state index in [2.05, 4.69) is 77.5 Å². The molecule has 1 aliphatic carbocycles. The second-order valence-electron chi connectivity index (χ2n) is 11.0. The maximum Gasteiger partial charge on any atom is 0.309 e. The number of rotatable bonds is 8. The predicted octanol–water partition coefficient (Wildman–Crippen LogP) is 6.11. The summed E-state index contributed by atoms with van der Waals surface area (Å²) in [5.74, 6) is 0.0258. The van der Waals surface area contributed by atoms with Crippen molar-refractivity contribution >= 4 is 16.9 Å². The summed E-state index contributed by atoms with van der Waals surface area (Å²) in [7, 11) is 1.45. The lowest BCUT2D eigenvalue weighted by atomic mass is 9.77. The van der Waals surface area contributed by atoms with Gasteiger partial charge in [-0.1, -0.05) is 91.0 Å². The molecule has 2 atom stereocenters. The smallest absolute Gasteiger partial charge is 0.309 e. The molecule has 1 saturated heterocycles. The van der Waals surface area contributed by atoms with Crippen LogP contribution in [0.4, 0.5) is 0 Å². The molecule has 7 heteroatoms. The SMILES string of the molecule is COC(=O)C1CC1c1nn(C(c2ccccc2)(c2ccccc2)c2ccccc2)c2ccnc(OC3CCOCC3)c12. The number of carbonyl (C=O) groups excluding carboxylic acids is 1. The number of aromatic nitrogens is 3. The molecule has 2 unspecified atom stereocenters. The van der Waals surface area contributed by atoms with Crippen molar-refractivity contribution in [2.75, 3.05) is 20.3 Å². The van der Waals surface area contributed by atoms with Crippen LogP contribution in [0, 0.1) is 5.92 Å². The number of hydrogen-bond acceptors (Lipinski definition) is 6. The third-order valence-electron chi connectivity index (χ3n) is 8.57. The van der Waals surface area contributed by atoms with Gasteiger partial charge in [-0.05, 0) is 29.2 Å². The van der Waals surface area contributed by atoms with E-state index in [1.54, 1.807) is 6.20 Å². The number of benzene rings is 3. The van der Waals surface area contributed by atoms with Crippen molar-refractivity contribution in [2.45, 2.75) is 36.8 Å². The summed E-state index contributed by atoms with van der Waals surface area (Å²) in [5, 5.41) is 6.29. The first-order chi connectivity index (χ1) is 20.7. The Kier molecular flexibility index (Phi) is 6.96. The fraction of sp³-hybridized carbons (Fsp3) is 0.286. The van der Waals surface area contributed by atoms with Gasteiger partial charge in [-0.15, -0.1) is 0 Å². The van der Waals surface area contributed by atoms with Crippen molar-refractivity contribution in [3.8, 4) is 5.88 Å². The minimum absolute atomic E-state index is 0.00536. The third-order valence-corrected chi connectivity index (χ3v) is 8.57. The van der Waals surface area contributed by atoms with Gasteiger partial charge < -0.3 is 14.2 Å². The summed E-state index contributed by atoms with van der Waals surface area (Å²) in [4.78, 5) is 17.4. The molecule has 2 aromatic heterocycles. The van der Waals surface area contributed by atoms with Crippen molar-refractivity contribution in [1.29, 1.82) is 0 Å². The number of methoxy groups -OCH3 is 1. The standard InChI is InChI=1S/C35H33N3O4/c1-40-34(39)29-23-28(29)32-31-30(17-20-36-33(31)42-27-18-21-41-22-19-27)38(37-32)35(24-11-5-2-6-12-24,25-13-7-3-8-14-25)26-15-9-4-10-16-26/h2-17,20,27-29H,18-19,21-23H2,1H3. The fourth-order valence-electron chi connectivity index (χ4n) is 6.43. The summed E-state index contributed by atoms with van der Waals surface area (Å²) in [6.07, 6.45) is 4.09. The van der Waals surface area contributed by atoms with Crippen LogP contribution in [0.15, 0.2) is 103 Å². The van der Waals surface area contributed by atoms with Gasteiger partial charge in [0.05, 0.1) is 42.8 Å². The number of nitrogens with zero attached hydrogens (tertiary/aromatic N) is 3. The first kappa shape index (κ1) is 26.4. The van der Waals surface area contributed by atoms with Crippen LogP contribution in [0.2, 0.25) is 0 Å². The molecule has 212 valence electrons. The van der Waals surface area contributed by atoms with E-state index in [9.17, 15) is 4.79 Å². The molecule has 0 radical (unpaired) electrons. The highest BCUT2D eigenvalue weighted by molar-refractivity contribution is 5.90. The average molecular weight is 560 g/mol. The van der Waals surface area contributed by atoms with Gasteiger partial charge in [-0.25, -0.2) is 9.67 Å². The maximum absolute atomic E-state index is 12.6. The highest BCUT2D eigenvalue weighted by Gasteiger charge is 2.50. The van der Waals surface area contributed by atoms with Crippen molar-refractivity contribution < 1.29 is 19.0 Å². The Bertz CT molecular complexity index is 1580. The van der Waals surface area contributed by atoms with E-state index in [1.165, 1.54) is 7.11 Å². The molecule has 7 rings (SSSR count). The quantitative estimate of drug-likeness (QED) is 0.169. The summed E-state index contributed by atoms with van der Waals surface area (Å²) < 4.78 is 19.4. The molecular weight excluding hydrogens is 526 g/mol. The van der Waals surface area contributed by atoms with Crippen LogP contribution in [0.1, 0.15) is 47.6 Å². The summed E-state index contributed by atoms with van der Waals surface area (Å²) in [6.45, 7) is 1.33. The monoisotopic (exact) mass is 559 g/mol. The Hall–Kier alpha value is -4.49. The van der Waals surface area contributed by atoms with Gasteiger partial charge in [-0.2, -0.15) is 5.10 Å². The number of hydrogen-bond donors (Lipinski definition) is 0. The van der Waals surface area contributed by atoms with E-state index in [0.717, 1.165) is 46.1 Å². The largest absolute Gasteiger partial charge is 0.474 e. The highest BCUT2D eigenvalue weighted by atomic mass is 16.5. The summed E-state index contributed by atoms with van der Waals surface area (Å²) in [6, 6.07) is 33.5. The molecule has 0 amide bonds. The van der Waals surface area contributed by atoms with E-state index < -0.39 is 5.54 Å². The van der Waals surface area contributed by atoms with E-state index in [0.29, 0.717) is 25.5 Å². The van der Waals surface area contributed by atoms with Gasteiger partial charge in [0.2, 0.25) is 5.88 Å². The number of ether oxygens (including phenoxy) is 3. The van der Waals surface area contributed by atoms with Crippen molar-refractivity contribution in [2.24, 2.45) is 5.92 Å². The third kappa shape index (κ3) is 4.45. The molecule has 7 nitrogen and oxygen atoms in total. The average Bonchev–Trinajstić information content (AvgIpc) is 3.77. The van der Waals surface area contributed by atoms with Crippen molar-refractivity contribution in [3.05, 3.63) is 126 Å². The summed E-state index contributed by atoms with van der Waals surface area (Å²) >= 11 is 0. The van der Waals surface area contributed by atoms with Gasteiger partial charge in [0, 0.05) is 25.0 Å². The topological polar surface area (TPSA) is 75.5 Å².